The Morgan fingerprint density at radius 1 is 1.09 bits per heavy atom. The smallest absolute Gasteiger partial charge is 0.250 e. The number of ether oxygens (including phenoxy) is 2. The molecule has 3 heterocycles. The molecule has 2 saturated heterocycles. The fourth-order valence-corrected chi connectivity index (χ4v) is 5.85. The van der Waals surface area contributed by atoms with Crippen molar-refractivity contribution in [1.82, 2.24) is 10.2 Å². The summed E-state index contributed by atoms with van der Waals surface area (Å²) in [5, 5.41) is 16.9. The van der Waals surface area contributed by atoms with Gasteiger partial charge in [0.2, 0.25) is 17.7 Å². The molecule has 3 amide bonds. The number of benzene rings is 2. The van der Waals surface area contributed by atoms with Gasteiger partial charge in [-0.1, -0.05) is 17.7 Å². The van der Waals surface area contributed by atoms with Crippen LogP contribution >= 0.6 is 11.6 Å². The fraction of sp³-hybridized carbons (Fsp3) is 0.400. The fourth-order valence-electron chi connectivity index (χ4n) is 5.68. The molecule has 2 aromatic carbocycles. The summed E-state index contributed by atoms with van der Waals surface area (Å²) in [6.07, 6.45) is -0.577. The molecule has 1 spiro atoms. The molecule has 5 rings (SSSR count). The number of methoxy groups -OCH3 is 2. The molecular formula is C25H26ClN3O6. The number of carbonyl (C=O) groups excluding carboxylic acids is 3. The molecule has 9 nitrogen and oxygen atoms in total. The Balaban J connectivity index is 1.49. The van der Waals surface area contributed by atoms with Crippen molar-refractivity contribution >= 4 is 35.0 Å². The Labute approximate surface area is 207 Å². The van der Waals surface area contributed by atoms with Crippen molar-refractivity contribution in [3.05, 3.63) is 52.5 Å². The predicted molar refractivity (Wildman–Crippen MR) is 127 cm³/mol. The molecular weight excluding hydrogens is 474 g/mol. The highest BCUT2D eigenvalue weighted by atomic mass is 35.5. The zero-order valence-corrected chi connectivity index (χ0v) is 20.3. The largest absolute Gasteiger partial charge is 0.493 e. The van der Waals surface area contributed by atoms with E-state index in [2.05, 4.69) is 10.6 Å². The standard InChI is InChI=1S/C25H26ClN3O6/c1-12(30)21-19-20(25(28-21)15-11-14(26)5-6-16(15)27-24(25)33)23(32)29(22(19)31)9-8-13-4-7-17(34-2)18(10-13)35-3/h4-7,10-12,19-21,28,30H,8-9H2,1-3H3,(H,27,33)/t12-,19+,20+,21-,25+/m1/s1. The van der Waals surface area contributed by atoms with Crippen LogP contribution in [-0.2, 0) is 26.3 Å². The number of fused-ring (bicyclic) bond motifs is 4. The first kappa shape index (κ1) is 23.6. The Morgan fingerprint density at radius 2 is 1.83 bits per heavy atom. The van der Waals surface area contributed by atoms with Crippen LogP contribution in [0.5, 0.6) is 11.5 Å². The lowest BCUT2D eigenvalue weighted by Gasteiger charge is -2.30. The summed E-state index contributed by atoms with van der Waals surface area (Å²) in [6, 6.07) is 9.59. The van der Waals surface area contributed by atoms with Gasteiger partial charge in [0.1, 0.15) is 5.54 Å². The van der Waals surface area contributed by atoms with Crippen LogP contribution in [0.1, 0.15) is 18.1 Å². The van der Waals surface area contributed by atoms with Crippen molar-refractivity contribution in [3.8, 4) is 11.5 Å². The quantitative estimate of drug-likeness (QED) is 0.518. The molecule has 0 aromatic heterocycles. The molecule has 3 N–H and O–H groups in total. The molecule has 0 radical (unpaired) electrons. The van der Waals surface area contributed by atoms with Crippen LogP contribution in [0, 0.1) is 11.8 Å². The Morgan fingerprint density at radius 3 is 2.51 bits per heavy atom. The number of aliphatic hydroxyl groups excluding tert-OH is 1. The van der Waals surface area contributed by atoms with E-state index in [-0.39, 0.29) is 6.54 Å². The highest BCUT2D eigenvalue weighted by Gasteiger charge is 2.71. The van der Waals surface area contributed by atoms with E-state index in [1.165, 1.54) is 12.0 Å². The number of imide groups is 1. The van der Waals surface area contributed by atoms with Crippen molar-refractivity contribution in [2.24, 2.45) is 11.8 Å². The van der Waals surface area contributed by atoms with Crippen molar-refractivity contribution < 1.29 is 29.0 Å². The number of carbonyl (C=O) groups is 3. The number of rotatable bonds is 6. The van der Waals surface area contributed by atoms with Crippen LogP contribution in [0.3, 0.4) is 0 Å². The van der Waals surface area contributed by atoms with Crippen LogP contribution in [0.2, 0.25) is 5.02 Å². The number of likely N-dealkylation sites (tertiary alicyclic amines) is 1. The van der Waals surface area contributed by atoms with Crippen molar-refractivity contribution in [2.45, 2.75) is 31.0 Å². The highest BCUT2D eigenvalue weighted by Crippen LogP contribution is 2.53. The first-order chi connectivity index (χ1) is 16.7. The second-order valence-electron chi connectivity index (χ2n) is 9.13. The first-order valence-corrected chi connectivity index (χ1v) is 11.7. The second kappa shape index (κ2) is 8.51. The van der Waals surface area contributed by atoms with Crippen LogP contribution in [0.15, 0.2) is 36.4 Å². The summed E-state index contributed by atoms with van der Waals surface area (Å²) in [4.78, 5) is 41.8. The van der Waals surface area contributed by atoms with Gasteiger partial charge in [-0.25, -0.2) is 0 Å². The van der Waals surface area contributed by atoms with Gasteiger partial charge in [-0.3, -0.25) is 24.6 Å². The van der Waals surface area contributed by atoms with Crippen molar-refractivity contribution in [3.63, 3.8) is 0 Å². The zero-order chi connectivity index (χ0) is 25.1. The summed E-state index contributed by atoms with van der Waals surface area (Å²) in [7, 11) is 3.08. The van der Waals surface area contributed by atoms with Crippen LogP contribution < -0.4 is 20.1 Å². The number of halogens is 1. The average Bonchev–Trinajstić information content (AvgIpc) is 3.43. The summed E-state index contributed by atoms with van der Waals surface area (Å²) in [6.45, 7) is 1.68. The topological polar surface area (TPSA) is 117 Å². The van der Waals surface area contributed by atoms with Gasteiger partial charge in [-0.05, 0) is 49.2 Å². The number of nitrogens with one attached hydrogen (secondary N) is 2. The molecule has 0 unspecified atom stereocenters. The van der Waals surface area contributed by atoms with Crippen LogP contribution in [0.4, 0.5) is 5.69 Å². The number of amides is 3. The molecule has 10 heteroatoms. The first-order valence-electron chi connectivity index (χ1n) is 11.4. The summed E-state index contributed by atoms with van der Waals surface area (Å²) < 4.78 is 10.6. The van der Waals surface area contributed by atoms with E-state index >= 15 is 0 Å². The van der Waals surface area contributed by atoms with E-state index in [4.69, 9.17) is 21.1 Å². The minimum absolute atomic E-state index is 0.132. The second-order valence-corrected chi connectivity index (χ2v) is 9.57. The van der Waals surface area contributed by atoms with Crippen LogP contribution in [0.25, 0.3) is 0 Å². The lowest BCUT2D eigenvalue weighted by Crippen LogP contribution is -2.55. The number of hydrogen-bond acceptors (Lipinski definition) is 7. The number of aliphatic hydroxyl groups is 1. The molecule has 3 aliphatic heterocycles. The highest BCUT2D eigenvalue weighted by molar-refractivity contribution is 6.31. The summed E-state index contributed by atoms with van der Waals surface area (Å²) in [5.41, 5.74) is 0.408. The maximum absolute atomic E-state index is 13.7. The van der Waals surface area contributed by atoms with Gasteiger partial charge >= 0.3 is 0 Å². The molecule has 2 fully saturated rings. The van der Waals surface area contributed by atoms with E-state index in [9.17, 15) is 19.5 Å². The third kappa shape index (κ3) is 3.41. The normalized spacial score (nSPS) is 27.7. The molecule has 5 atom stereocenters. The monoisotopic (exact) mass is 499 g/mol. The lowest BCUT2D eigenvalue weighted by molar-refractivity contribution is -0.143. The molecule has 184 valence electrons. The van der Waals surface area contributed by atoms with Gasteiger partial charge in [0, 0.05) is 28.9 Å². The van der Waals surface area contributed by atoms with Gasteiger partial charge in [-0.2, -0.15) is 0 Å². The molecule has 0 aliphatic carbocycles. The minimum Gasteiger partial charge on any atom is -0.493 e. The third-order valence-corrected chi connectivity index (χ3v) is 7.53. The van der Waals surface area contributed by atoms with E-state index in [0.29, 0.717) is 34.2 Å². The Bertz CT molecular complexity index is 1230. The number of nitrogens with zero attached hydrogens (tertiary/aromatic N) is 1. The predicted octanol–water partition coefficient (Wildman–Crippen LogP) is 1.70. The van der Waals surface area contributed by atoms with Gasteiger partial charge in [-0.15, -0.1) is 0 Å². The maximum Gasteiger partial charge on any atom is 0.250 e. The SMILES string of the molecule is COc1ccc(CCN2C(=O)[C@@H]3[C@@H]([C@@H](C)O)N[C@]4(C(=O)Nc5ccc(Cl)cc54)[C@@H]3C2=O)cc1OC. The van der Waals surface area contributed by atoms with Gasteiger partial charge in [0.05, 0.1) is 32.2 Å². The Hall–Kier alpha value is -3.14. The number of anilines is 1. The molecule has 0 bridgehead atoms. The zero-order valence-electron chi connectivity index (χ0n) is 19.5. The van der Waals surface area contributed by atoms with E-state index in [1.54, 1.807) is 44.4 Å². The van der Waals surface area contributed by atoms with Crippen molar-refractivity contribution in [1.29, 1.82) is 0 Å². The summed E-state index contributed by atoms with van der Waals surface area (Å²) >= 11 is 6.23. The molecule has 35 heavy (non-hydrogen) atoms. The molecule has 2 aromatic rings. The average molecular weight is 500 g/mol. The third-order valence-electron chi connectivity index (χ3n) is 7.29. The van der Waals surface area contributed by atoms with E-state index in [0.717, 1.165) is 5.56 Å². The Kier molecular flexibility index (Phi) is 5.74. The van der Waals surface area contributed by atoms with Crippen LogP contribution in [-0.4, -0.2) is 60.6 Å². The van der Waals surface area contributed by atoms with E-state index < -0.39 is 47.2 Å². The number of hydrogen-bond donors (Lipinski definition) is 3. The molecule has 3 aliphatic rings. The maximum atomic E-state index is 13.7. The minimum atomic E-state index is -1.49. The lowest BCUT2D eigenvalue weighted by atomic mass is 9.76. The summed E-state index contributed by atoms with van der Waals surface area (Å²) in [5.74, 6) is -2.04. The van der Waals surface area contributed by atoms with Gasteiger partial charge < -0.3 is 19.9 Å². The van der Waals surface area contributed by atoms with Gasteiger partial charge in [0.15, 0.2) is 11.5 Å². The van der Waals surface area contributed by atoms with Gasteiger partial charge in [0.25, 0.3) is 0 Å². The van der Waals surface area contributed by atoms with Crippen molar-refractivity contribution in [2.75, 3.05) is 26.1 Å². The molecule has 0 saturated carbocycles. The van der Waals surface area contributed by atoms with E-state index in [1.807, 2.05) is 6.07 Å².